The molecule has 1 fully saturated rings. The van der Waals surface area contributed by atoms with Crippen molar-refractivity contribution in [1.82, 2.24) is 19.9 Å². The highest BCUT2D eigenvalue weighted by molar-refractivity contribution is 5.92. The third-order valence-corrected chi connectivity index (χ3v) is 4.13. The van der Waals surface area contributed by atoms with Gasteiger partial charge >= 0.3 is 0 Å². The van der Waals surface area contributed by atoms with Crippen molar-refractivity contribution in [2.75, 3.05) is 27.4 Å². The Morgan fingerprint density at radius 1 is 1.33 bits per heavy atom. The van der Waals surface area contributed by atoms with E-state index >= 15 is 0 Å². The zero-order chi connectivity index (χ0) is 17.1. The number of nitrogens with zero attached hydrogens (tertiary/aromatic N) is 4. The van der Waals surface area contributed by atoms with E-state index in [1.54, 1.807) is 37.4 Å². The van der Waals surface area contributed by atoms with Crippen molar-refractivity contribution in [2.24, 2.45) is 0 Å². The summed E-state index contributed by atoms with van der Waals surface area (Å²) in [7, 11) is 3.24. The number of likely N-dealkylation sites (tertiary alicyclic amines) is 1. The summed E-state index contributed by atoms with van der Waals surface area (Å²) < 4.78 is 25.0. The van der Waals surface area contributed by atoms with E-state index in [1.165, 1.54) is 16.8 Å². The van der Waals surface area contributed by atoms with E-state index in [2.05, 4.69) is 10.3 Å². The van der Waals surface area contributed by atoms with E-state index in [0.29, 0.717) is 18.8 Å². The molecule has 1 aliphatic rings. The molecule has 0 N–H and O–H groups in total. The molecule has 0 spiro atoms. The van der Waals surface area contributed by atoms with E-state index < -0.39 is 0 Å². The molecule has 1 amide bonds. The third-order valence-electron chi connectivity index (χ3n) is 4.13. The van der Waals surface area contributed by atoms with E-state index in [9.17, 15) is 9.18 Å². The maximum Gasteiger partial charge on any atom is 0.276 e. The average molecular weight is 334 g/mol. The second-order valence-electron chi connectivity index (χ2n) is 5.68. The van der Waals surface area contributed by atoms with Crippen LogP contribution in [0.5, 0.6) is 0 Å². The highest BCUT2D eigenvalue weighted by atomic mass is 19.1. The van der Waals surface area contributed by atoms with Crippen molar-refractivity contribution < 1.29 is 18.7 Å². The van der Waals surface area contributed by atoms with Crippen LogP contribution in [0.3, 0.4) is 0 Å². The topological polar surface area (TPSA) is 69.5 Å². The molecule has 0 aliphatic carbocycles. The molecule has 0 radical (unpaired) electrons. The van der Waals surface area contributed by atoms with Gasteiger partial charge < -0.3 is 14.4 Å². The fourth-order valence-electron chi connectivity index (χ4n) is 2.87. The predicted molar refractivity (Wildman–Crippen MR) is 83.4 cm³/mol. The number of ether oxygens (including phenoxy) is 2. The van der Waals surface area contributed by atoms with Crippen molar-refractivity contribution in [3.05, 3.63) is 42.0 Å². The average Bonchev–Trinajstić information content (AvgIpc) is 3.22. The van der Waals surface area contributed by atoms with Crippen molar-refractivity contribution in [1.29, 1.82) is 0 Å². The van der Waals surface area contributed by atoms with Crippen LogP contribution in [0, 0.1) is 5.82 Å². The Bertz CT molecular complexity index is 704. The van der Waals surface area contributed by atoms with Crippen LogP contribution in [0.2, 0.25) is 0 Å². The lowest BCUT2D eigenvalue weighted by molar-refractivity contribution is 0.0606. The number of rotatable bonds is 5. The molecule has 7 nitrogen and oxygen atoms in total. The molecule has 0 bridgehead atoms. The van der Waals surface area contributed by atoms with Gasteiger partial charge in [0.1, 0.15) is 5.82 Å². The van der Waals surface area contributed by atoms with E-state index in [1.807, 2.05) is 0 Å². The van der Waals surface area contributed by atoms with Gasteiger partial charge in [-0.15, -0.1) is 5.10 Å². The number of carbonyl (C=O) groups is 1. The molecule has 1 aromatic heterocycles. The van der Waals surface area contributed by atoms with Gasteiger partial charge in [-0.3, -0.25) is 4.79 Å². The van der Waals surface area contributed by atoms with Gasteiger partial charge in [0.25, 0.3) is 5.91 Å². The molecule has 1 aromatic carbocycles. The number of aromatic nitrogens is 3. The molecule has 1 saturated heterocycles. The molecule has 128 valence electrons. The summed E-state index contributed by atoms with van der Waals surface area (Å²) in [6, 6.07) is 5.75. The summed E-state index contributed by atoms with van der Waals surface area (Å²) in [6.45, 7) is 0.935. The maximum atomic E-state index is 13.0. The number of benzene rings is 1. The SMILES string of the molecule is COC[C@@H]1C[C@H](OC)CN1C(=O)c1cn(-c2ccc(F)cc2)nn1. The lowest BCUT2D eigenvalue weighted by atomic mass is 10.2. The van der Waals surface area contributed by atoms with Crippen molar-refractivity contribution in [3.63, 3.8) is 0 Å². The predicted octanol–water partition coefficient (Wildman–Crippen LogP) is 1.28. The Kier molecular flexibility index (Phi) is 4.86. The zero-order valence-corrected chi connectivity index (χ0v) is 13.6. The molecule has 8 heteroatoms. The fourth-order valence-corrected chi connectivity index (χ4v) is 2.87. The lowest BCUT2D eigenvalue weighted by Gasteiger charge is -2.22. The van der Waals surface area contributed by atoms with Gasteiger partial charge in [-0.1, -0.05) is 5.21 Å². The van der Waals surface area contributed by atoms with Crippen LogP contribution >= 0.6 is 0 Å². The Labute approximate surface area is 139 Å². The minimum absolute atomic E-state index is 0.0127. The first kappa shape index (κ1) is 16.5. The molecule has 2 heterocycles. The van der Waals surface area contributed by atoms with Crippen LogP contribution in [-0.4, -0.2) is 65.3 Å². The van der Waals surface area contributed by atoms with Gasteiger partial charge in [-0.2, -0.15) is 0 Å². The molecule has 2 aromatic rings. The van der Waals surface area contributed by atoms with Gasteiger partial charge in [-0.25, -0.2) is 9.07 Å². The number of carbonyl (C=O) groups excluding carboxylic acids is 1. The van der Waals surface area contributed by atoms with Crippen molar-refractivity contribution in [2.45, 2.75) is 18.6 Å². The molecule has 2 atom stereocenters. The quantitative estimate of drug-likeness (QED) is 0.824. The smallest absolute Gasteiger partial charge is 0.276 e. The number of amides is 1. The van der Waals surface area contributed by atoms with E-state index in [4.69, 9.17) is 9.47 Å². The maximum absolute atomic E-state index is 13.0. The normalized spacial score (nSPS) is 20.5. The Balaban J connectivity index is 1.78. The largest absolute Gasteiger partial charge is 0.383 e. The molecular weight excluding hydrogens is 315 g/mol. The van der Waals surface area contributed by atoms with Crippen molar-refractivity contribution in [3.8, 4) is 5.69 Å². The zero-order valence-electron chi connectivity index (χ0n) is 13.6. The van der Waals surface area contributed by atoms with Crippen LogP contribution in [0.15, 0.2) is 30.5 Å². The summed E-state index contributed by atoms with van der Waals surface area (Å²) in [6.07, 6.45) is 2.25. The fraction of sp³-hybridized carbons (Fsp3) is 0.438. The summed E-state index contributed by atoms with van der Waals surface area (Å²) >= 11 is 0. The minimum atomic E-state index is -0.333. The summed E-state index contributed by atoms with van der Waals surface area (Å²) in [4.78, 5) is 14.4. The van der Waals surface area contributed by atoms with Crippen LogP contribution in [0.4, 0.5) is 4.39 Å². The highest BCUT2D eigenvalue weighted by Crippen LogP contribution is 2.22. The molecule has 3 rings (SSSR count). The number of hydrogen-bond acceptors (Lipinski definition) is 5. The molecular formula is C16H19FN4O3. The van der Waals surface area contributed by atoms with Crippen LogP contribution < -0.4 is 0 Å². The van der Waals surface area contributed by atoms with Crippen LogP contribution in [-0.2, 0) is 9.47 Å². The Hall–Kier alpha value is -2.32. The second kappa shape index (κ2) is 7.06. The third kappa shape index (κ3) is 3.29. The molecule has 0 unspecified atom stereocenters. The van der Waals surface area contributed by atoms with E-state index in [-0.39, 0.29) is 29.6 Å². The summed E-state index contributed by atoms with van der Waals surface area (Å²) in [5, 5.41) is 7.90. The lowest BCUT2D eigenvalue weighted by Crippen LogP contribution is -2.38. The van der Waals surface area contributed by atoms with Gasteiger partial charge in [0.15, 0.2) is 5.69 Å². The summed E-state index contributed by atoms with van der Waals surface area (Å²) in [5.41, 5.74) is 0.866. The first-order valence-corrected chi connectivity index (χ1v) is 7.63. The van der Waals surface area contributed by atoms with Gasteiger partial charge in [0, 0.05) is 20.8 Å². The van der Waals surface area contributed by atoms with Gasteiger partial charge in [-0.05, 0) is 30.7 Å². The van der Waals surface area contributed by atoms with Crippen LogP contribution in [0.1, 0.15) is 16.9 Å². The second-order valence-corrected chi connectivity index (χ2v) is 5.68. The monoisotopic (exact) mass is 334 g/mol. The Morgan fingerprint density at radius 2 is 2.08 bits per heavy atom. The molecule has 24 heavy (non-hydrogen) atoms. The molecule has 1 aliphatic heterocycles. The first-order chi connectivity index (χ1) is 11.6. The number of halogens is 1. The van der Waals surface area contributed by atoms with E-state index in [0.717, 1.165) is 6.42 Å². The standard InChI is InChI=1S/C16H19FN4O3/c1-23-10-13-7-14(24-2)8-20(13)16(22)15-9-21(19-18-15)12-5-3-11(17)4-6-12/h3-6,9,13-14H,7-8,10H2,1-2H3/t13-,14-/m0/s1. The van der Waals surface area contributed by atoms with Gasteiger partial charge in [0.2, 0.25) is 0 Å². The van der Waals surface area contributed by atoms with Gasteiger partial charge in [0.05, 0.1) is 30.6 Å². The van der Waals surface area contributed by atoms with Crippen molar-refractivity contribution >= 4 is 5.91 Å². The first-order valence-electron chi connectivity index (χ1n) is 7.63. The number of methoxy groups -OCH3 is 2. The molecule has 0 saturated carbocycles. The minimum Gasteiger partial charge on any atom is -0.383 e. The Morgan fingerprint density at radius 3 is 2.75 bits per heavy atom. The van der Waals surface area contributed by atoms with Crippen LogP contribution in [0.25, 0.3) is 5.69 Å². The summed E-state index contributed by atoms with van der Waals surface area (Å²) in [5.74, 6) is -0.551. The number of hydrogen-bond donors (Lipinski definition) is 0. The highest BCUT2D eigenvalue weighted by Gasteiger charge is 2.36.